The summed E-state index contributed by atoms with van der Waals surface area (Å²) in [4.78, 5) is 14.7. The molecule has 134 valence electrons. The van der Waals surface area contributed by atoms with Crippen molar-refractivity contribution in [1.82, 2.24) is 4.90 Å². The summed E-state index contributed by atoms with van der Waals surface area (Å²) in [6, 6.07) is 3.21. The lowest BCUT2D eigenvalue weighted by atomic mass is 10.2. The Balaban J connectivity index is 1.96. The number of hydrogen-bond donors (Lipinski definition) is 0. The molecule has 0 amide bonds. The summed E-state index contributed by atoms with van der Waals surface area (Å²) < 4.78 is 21.2. The summed E-state index contributed by atoms with van der Waals surface area (Å²) in [5.74, 6) is 0.956. The quantitative estimate of drug-likeness (QED) is 0.713. The first-order valence-electron chi connectivity index (χ1n) is 8.39. The summed E-state index contributed by atoms with van der Waals surface area (Å²) in [5.41, 5.74) is 0.389. The van der Waals surface area contributed by atoms with Gasteiger partial charge in [-0.25, -0.2) is 4.79 Å². The summed E-state index contributed by atoms with van der Waals surface area (Å²) in [7, 11) is 4.57. The van der Waals surface area contributed by atoms with Crippen LogP contribution in [0.15, 0.2) is 12.1 Å². The molecule has 24 heavy (non-hydrogen) atoms. The fraction of sp³-hybridized carbons (Fsp3) is 0.611. The average Bonchev–Trinajstić information content (AvgIpc) is 2.89. The van der Waals surface area contributed by atoms with E-state index in [0.29, 0.717) is 29.4 Å². The van der Waals surface area contributed by atoms with Crippen molar-refractivity contribution in [2.45, 2.75) is 25.7 Å². The highest BCUT2D eigenvalue weighted by Gasteiger charge is 2.18. The van der Waals surface area contributed by atoms with Crippen LogP contribution in [0.2, 0.25) is 0 Å². The lowest BCUT2D eigenvalue weighted by Gasteiger charge is -2.19. The maximum absolute atomic E-state index is 12.3. The smallest absolute Gasteiger partial charge is 0.338 e. The maximum Gasteiger partial charge on any atom is 0.338 e. The van der Waals surface area contributed by atoms with Gasteiger partial charge in [-0.1, -0.05) is 12.8 Å². The number of ether oxygens (including phenoxy) is 4. The molecule has 1 heterocycles. The second-order valence-electron chi connectivity index (χ2n) is 5.81. The molecule has 2 rings (SSSR count). The van der Waals surface area contributed by atoms with Gasteiger partial charge in [-0.05, 0) is 38.1 Å². The lowest BCUT2D eigenvalue weighted by Crippen LogP contribution is -2.29. The largest absolute Gasteiger partial charge is 0.493 e. The van der Waals surface area contributed by atoms with Crippen molar-refractivity contribution in [2.75, 3.05) is 47.6 Å². The zero-order chi connectivity index (χ0) is 17.4. The van der Waals surface area contributed by atoms with Crippen LogP contribution in [-0.2, 0) is 4.74 Å². The van der Waals surface area contributed by atoms with E-state index in [4.69, 9.17) is 18.9 Å². The van der Waals surface area contributed by atoms with Crippen molar-refractivity contribution in [3.63, 3.8) is 0 Å². The number of likely N-dealkylation sites (tertiary alicyclic amines) is 1. The molecule has 0 atom stereocenters. The Morgan fingerprint density at radius 1 is 0.958 bits per heavy atom. The Bertz CT molecular complexity index is 513. The van der Waals surface area contributed by atoms with E-state index < -0.39 is 0 Å². The Kier molecular flexibility index (Phi) is 7.18. The molecule has 1 aromatic carbocycles. The highest BCUT2D eigenvalue weighted by atomic mass is 16.5. The molecule has 0 aliphatic carbocycles. The van der Waals surface area contributed by atoms with Crippen molar-refractivity contribution in [1.29, 1.82) is 0 Å². The second-order valence-corrected chi connectivity index (χ2v) is 5.81. The molecule has 0 radical (unpaired) electrons. The van der Waals surface area contributed by atoms with Gasteiger partial charge in [-0.3, -0.25) is 4.90 Å². The van der Waals surface area contributed by atoms with Crippen LogP contribution in [0.5, 0.6) is 17.2 Å². The number of methoxy groups -OCH3 is 3. The van der Waals surface area contributed by atoms with Crippen molar-refractivity contribution in [3.8, 4) is 17.2 Å². The molecule has 1 aliphatic heterocycles. The number of benzene rings is 1. The fourth-order valence-corrected chi connectivity index (χ4v) is 2.91. The summed E-state index contributed by atoms with van der Waals surface area (Å²) >= 11 is 0. The third-order valence-corrected chi connectivity index (χ3v) is 4.24. The topological polar surface area (TPSA) is 57.2 Å². The lowest BCUT2D eigenvalue weighted by molar-refractivity contribution is 0.0462. The fourth-order valence-electron chi connectivity index (χ4n) is 2.91. The molecular formula is C18H27NO5. The van der Waals surface area contributed by atoms with Crippen LogP contribution < -0.4 is 14.2 Å². The Hall–Kier alpha value is -1.95. The van der Waals surface area contributed by atoms with Gasteiger partial charge in [0.05, 0.1) is 26.9 Å². The van der Waals surface area contributed by atoms with E-state index in [1.54, 1.807) is 12.1 Å². The van der Waals surface area contributed by atoms with Crippen molar-refractivity contribution in [2.24, 2.45) is 0 Å². The van der Waals surface area contributed by atoms with E-state index in [1.807, 2.05) is 0 Å². The molecule has 0 N–H and O–H groups in total. The molecule has 1 saturated heterocycles. The van der Waals surface area contributed by atoms with Gasteiger partial charge in [0.1, 0.15) is 6.61 Å². The second kappa shape index (κ2) is 9.37. The Morgan fingerprint density at radius 2 is 1.54 bits per heavy atom. The standard InChI is InChI=1S/C18H27NO5/c1-21-15-12-14(13-16(22-2)17(15)23-3)18(20)24-11-10-19-8-6-4-5-7-9-19/h12-13H,4-11H2,1-3H3. The Labute approximate surface area is 143 Å². The van der Waals surface area contributed by atoms with Gasteiger partial charge in [0.2, 0.25) is 5.75 Å². The number of carbonyl (C=O) groups excluding carboxylic acids is 1. The first kappa shape index (κ1) is 18.4. The molecule has 0 saturated carbocycles. The van der Waals surface area contributed by atoms with Crippen molar-refractivity contribution in [3.05, 3.63) is 17.7 Å². The monoisotopic (exact) mass is 337 g/mol. The molecule has 1 aromatic rings. The van der Waals surface area contributed by atoms with E-state index in [0.717, 1.165) is 19.6 Å². The van der Waals surface area contributed by atoms with Gasteiger partial charge in [-0.15, -0.1) is 0 Å². The van der Waals surface area contributed by atoms with Gasteiger partial charge in [0.15, 0.2) is 11.5 Å². The third kappa shape index (κ3) is 4.77. The van der Waals surface area contributed by atoms with E-state index in [2.05, 4.69) is 4.90 Å². The van der Waals surface area contributed by atoms with Gasteiger partial charge in [0, 0.05) is 6.54 Å². The number of nitrogens with zero attached hydrogens (tertiary/aromatic N) is 1. The molecule has 0 spiro atoms. The minimum Gasteiger partial charge on any atom is -0.493 e. The molecule has 0 unspecified atom stereocenters. The van der Waals surface area contributed by atoms with Crippen molar-refractivity contribution < 1.29 is 23.7 Å². The first-order chi connectivity index (χ1) is 11.7. The number of esters is 1. The molecule has 1 fully saturated rings. The predicted molar refractivity (Wildman–Crippen MR) is 91.3 cm³/mol. The van der Waals surface area contributed by atoms with Crippen LogP contribution in [0.25, 0.3) is 0 Å². The van der Waals surface area contributed by atoms with E-state index in [9.17, 15) is 4.79 Å². The summed E-state index contributed by atoms with van der Waals surface area (Å²) in [5, 5.41) is 0. The number of carbonyl (C=O) groups is 1. The SMILES string of the molecule is COc1cc(C(=O)OCCN2CCCCCC2)cc(OC)c1OC. The first-order valence-corrected chi connectivity index (χ1v) is 8.39. The summed E-state index contributed by atoms with van der Waals surface area (Å²) in [6.07, 6.45) is 5.03. The Morgan fingerprint density at radius 3 is 2.04 bits per heavy atom. The molecule has 0 bridgehead atoms. The van der Waals surface area contributed by atoms with Crippen molar-refractivity contribution >= 4 is 5.97 Å². The maximum atomic E-state index is 12.3. The van der Waals surface area contributed by atoms with Gasteiger partial charge >= 0.3 is 5.97 Å². The van der Waals surface area contributed by atoms with Crippen LogP contribution in [0.4, 0.5) is 0 Å². The van der Waals surface area contributed by atoms with E-state index >= 15 is 0 Å². The average molecular weight is 337 g/mol. The zero-order valence-corrected chi connectivity index (χ0v) is 14.8. The number of hydrogen-bond acceptors (Lipinski definition) is 6. The highest BCUT2D eigenvalue weighted by Crippen LogP contribution is 2.38. The minimum atomic E-state index is -0.385. The van der Waals surface area contributed by atoms with E-state index in [-0.39, 0.29) is 5.97 Å². The summed E-state index contributed by atoms with van der Waals surface area (Å²) in [6.45, 7) is 3.33. The minimum absolute atomic E-state index is 0.384. The zero-order valence-electron chi connectivity index (χ0n) is 14.8. The van der Waals surface area contributed by atoms with E-state index in [1.165, 1.54) is 47.0 Å². The highest BCUT2D eigenvalue weighted by molar-refractivity contribution is 5.91. The van der Waals surface area contributed by atoms with Gasteiger partial charge in [-0.2, -0.15) is 0 Å². The van der Waals surface area contributed by atoms with Crippen LogP contribution in [-0.4, -0.2) is 58.4 Å². The predicted octanol–water partition coefficient (Wildman–Crippen LogP) is 2.75. The molecule has 0 aromatic heterocycles. The van der Waals surface area contributed by atoms with Crippen LogP contribution in [0.1, 0.15) is 36.0 Å². The van der Waals surface area contributed by atoms with Gasteiger partial charge in [0.25, 0.3) is 0 Å². The number of rotatable bonds is 7. The molecule has 6 heteroatoms. The third-order valence-electron chi connectivity index (χ3n) is 4.24. The molecule has 6 nitrogen and oxygen atoms in total. The normalized spacial score (nSPS) is 15.5. The van der Waals surface area contributed by atoms with Crippen LogP contribution in [0, 0.1) is 0 Å². The van der Waals surface area contributed by atoms with Crippen LogP contribution >= 0.6 is 0 Å². The van der Waals surface area contributed by atoms with Gasteiger partial charge < -0.3 is 18.9 Å². The molecular weight excluding hydrogens is 310 g/mol. The molecule has 1 aliphatic rings. The van der Waals surface area contributed by atoms with Crippen LogP contribution in [0.3, 0.4) is 0 Å².